The summed E-state index contributed by atoms with van der Waals surface area (Å²) in [7, 11) is 0. The Bertz CT molecular complexity index is 372. The van der Waals surface area contributed by atoms with Crippen molar-refractivity contribution in [3.05, 3.63) is 28.8 Å². The van der Waals surface area contributed by atoms with Gasteiger partial charge in [-0.25, -0.2) is 0 Å². The van der Waals surface area contributed by atoms with Gasteiger partial charge < -0.3 is 5.32 Å². The minimum absolute atomic E-state index is 0.0300. The molecule has 0 unspecified atom stereocenters. The number of nitrogens with one attached hydrogen (secondary N) is 1. The Morgan fingerprint density at radius 3 is 2.43 bits per heavy atom. The van der Waals surface area contributed by atoms with Crippen LogP contribution in [0.15, 0.2) is 18.2 Å². The fourth-order valence-corrected chi connectivity index (χ4v) is 1.32. The van der Waals surface area contributed by atoms with Crippen molar-refractivity contribution >= 4 is 17.3 Å². The van der Waals surface area contributed by atoms with Crippen LogP contribution < -0.4 is 5.32 Å². The van der Waals surface area contributed by atoms with Gasteiger partial charge in [0.25, 0.3) is 0 Å². The molecule has 0 heterocycles. The monoisotopic (exact) mass is 208 g/mol. The quantitative estimate of drug-likeness (QED) is 0.768. The summed E-state index contributed by atoms with van der Waals surface area (Å²) in [6.07, 6.45) is 0. The van der Waals surface area contributed by atoms with Gasteiger partial charge in [-0.1, -0.05) is 11.6 Å². The summed E-state index contributed by atoms with van der Waals surface area (Å²) in [5, 5.41) is 12.5. The molecule has 0 bridgehead atoms. The van der Waals surface area contributed by atoms with Gasteiger partial charge in [-0.05, 0) is 39.0 Å². The number of hydrogen-bond donors (Lipinski definition) is 1. The highest BCUT2D eigenvalue weighted by molar-refractivity contribution is 6.33. The van der Waals surface area contributed by atoms with Crippen molar-refractivity contribution in [2.75, 3.05) is 5.32 Å². The van der Waals surface area contributed by atoms with E-state index in [4.69, 9.17) is 16.9 Å². The minimum atomic E-state index is -0.0300. The molecule has 3 heteroatoms. The van der Waals surface area contributed by atoms with Crippen LogP contribution >= 0.6 is 11.6 Å². The van der Waals surface area contributed by atoms with Gasteiger partial charge >= 0.3 is 0 Å². The molecule has 0 aliphatic heterocycles. The van der Waals surface area contributed by atoms with Crippen LogP contribution in [0.3, 0.4) is 0 Å². The van der Waals surface area contributed by atoms with Crippen LogP contribution in [0.2, 0.25) is 5.02 Å². The lowest BCUT2D eigenvalue weighted by atomic mass is 10.1. The lowest BCUT2D eigenvalue weighted by Gasteiger charge is -2.22. The molecule has 0 aliphatic rings. The van der Waals surface area contributed by atoms with Crippen LogP contribution in [0.1, 0.15) is 26.3 Å². The molecule has 0 spiro atoms. The zero-order valence-corrected chi connectivity index (χ0v) is 9.31. The summed E-state index contributed by atoms with van der Waals surface area (Å²) in [5.74, 6) is 0. The predicted octanol–water partition coefficient (Wildman–Crippen LogP) is 3.42. The Hall–Kier alpha value is -1.20. The van der Waals surface area contributed by atoms with Crippen molar-refractivity contribution in [1.29, 1.82) is 5.26 Å². The van der Waals surface area contributed by atoms with Crippen molar-refractivity contribution in [2.24, 2.45) is 0 Å². The lowest BCUT2D eigenvalue weighted by Crippen LogP contribution is -2.26. The smallest absolute Gasteiger partial charge is 0.0992 e. The van der Waals surface area contributed by atoms with E-state index in [1.165, 1.54) is 0 Å². The summed E-state index contributed by atoms with van der Waals surface area (Å²) < 4.78 is 0. The number of hydrogen-bond acceptors (Lipinski definition) is 2. The Morgan fingerprint density at radius 1 is 1.36 bits per heavy atom. The maximum absolute atomic E-state index is 8.66. The zero-order chi connectivity index (χ0) is 10.8. The van der Waals surface area contributed by atoms with Gasteiger partial charge in [0.1, 0.15) is 0 Å². The van der Waals surface area contributed by atoms with E-state index in [0.717, 1.165) is 5.69 Å². The van der Waals surface area contributed by atoms with E-state index in [2.05, 4.69) is 26.1 Å². The van der Waals surface area contributed by atoms with E-state index in [9.17, 15) is 0 Å². The lowest BCUT2D eigenvalue weighted by molar-refractivity contribution is 0.634. The molecule has 0 aromatic heterocycles. The first-order valence-electron chi connectivity index (χ1n) is 4.40. The number of rotatable bonds is 1. The molecular formula is C11H13ClN2. The van der Waals surface area contributed by atoms with Crippen LogP contribution in [0.5, 0.6) is 0 Å². The standard InChI is InChI=1S/C11H13ClN2/c1-11(2,3)14-10-5-4-8(7-13)6-9(10)12/h4-6,14H,1-3H3. The number of anilines is 1. The third-order valence-corrected chi connectivity index (χ3v) is 1.92. The van der Waals surface area contributed by atoms with Crippen LogP contribution in [-0.2, 0) is 0 Å². The van der Waals surface area contributed by atoms with Crippen LogP contribution in [0.4, 0.5) is 5.69 Å². The van der Waals surface area contributed by atoms with E-state index in [1.54, 1.807) is 12.1 Å². The molecule has 1 aromatic carbocycles. The maximum atomic E-state index is 8.66. The molecule has 0 amide bonds. The summed E-state index contributed by atoms with van der Waals surface area (Å²) in [6, 6.07) is 7.28. The number of halogens is 1. The summed E-state index contributed by atoms with van der Waals surface area (Å²) >= 11 is 6.00. The van der Waals surface area contributed by atoms with Crippen molar-refractivity contribution < 1.29 is 0 Å². The second kappa shape index (κ2) is 3.89. The molecule has 0 saturated carbocycles. The number of nitrogens with zero attached hydrogens (tertiary/aromatic N) is 1. The topological polar surface area (TPSA) is 35.8 Å². The van der Waals surface area contributed by atoms with Crippen LogP contribution in [0.25, 0.3) is 0 Å². The number of nitriles is 1. The van der Waals surface area contributed by atoms with Crippen molar-refractivity contribution in [3.8, 4) is 6.07 Å². The maximum Gasteiger partial charge on any atom is 0.0992 e. The average Bonchev–Trinajstić information content (AvgIpc) is 2.06. The molecule has 1 rings (SSSR count). The van der Waals surface area contributed by atoms with E-state index in [1.807, 2.05) is 12.1 Å². The molecule has 2 nitrogen and oxygen atoms in total. The molecule has 0 aliphatic carbocycles. The first-order valence-corrected chi connectivity index (χ1v) is 4.78. The second-order valence-electron chi connectivity index (χ2n) is 4.18. The first-order chi connectivity index (χ1) is 6.42. The van der Waals surface area contributed by atoms with Gasteiger partial charge in [-0.15, -0.1) is 0 Å². The third-order valence-electron chi connectivity index (χ3n) is 1.61. The third kappa shape index (κ3) is 2.93. The van der Waals surface area contributed by atoms with Gasteiger partial charge in [0.05, 0.1) is 22.3 Å². The Balaban J connectivity index is 2.97. The van der Waals surface area contributed by atoms with Gasteiger partial charge in [-0.3, -0.25) is 0 Å². The predicted molar refractivity (Wildman–Crippen MR) is 59.5 cm³/mol. The summed E-state index contributed by atoms with van der Waals surface area (Å²) in [6.45, 7) is 6.17. The molecule has 0 fully saturated rings. The van der Waals surface area contributed by atoms with Crippen molar-refractivity contribution in [2.45, 2.75) is 26.3 Å². The van der Waals surface area contributed by atoms with E-state index >= 15 is 0 Å². The molecule has 0 atom stereocenters. The Kier molecular flexibility index (Phi) is 3.03. The molecular weight excluding hydrogens is 196 g/mol. The summed E-state index contributed by atoms with van der Waals surface area (Å²) in [5.41, 5.74) is 1.41. The van der Waals surface area contributed by atoms with Crippen molar-refractivity contribution in [1.82, 2.24) is 0 Å². The molecule has 14 heavy (non-hydrogen) atoms. The fraction of sp³-hybridized carbons (Fsp3) is 0.364. The zero-order valence-electron chi connectivity index (χ0n) is 8.56. The Morgan fingerprint density at radius 2 is 2.00 bits per heavy atom. The normalized spacial score (nSPS) is 10.8. The van der Waals surface area contributed by atoms with Crippen LogP contribution in [-0.4, -0.2) is 5.54 Å². The van der Waals surface area contributed by atoms with E-state index in [0.29, 0.717) is 10.6 Å². The molecule has 1 N–H and O–H groups in total. The highest BCUT2D eigenvalue weighted by atomic mass is 35.5. The largest absolute Gasteiger partial charge is 0.379 e. The molecule has 74 valence electrons. The highest BCUT2D eigenvalue weighted by Crippen LogP contribution is 2.25. The van der Waals surface area contributed by atoms with Gasteiger partial charge in [-0.2, -0.15) is 5.26 Å². The van der Waals surface area contributed by atoms with E-state index < -0.39 is 0 Å². The molecule has 0 radical (unpaired) electrons. The average molecular weight is 209 g/mol. The first kappa shape index (κ1) is 10.9. The number of benzene rings is 1. The molecule has 1 aromatic rings. The highest BCUT2D eigenvalue weighted by Gasteiger charge is 2.11. The summed E-state index contributed by atoms with van der Waals surface area (Å²) in [4.78, 5) is 0. The SMILES string of the molecule is CC(C)(C)Nc1ccc(C#N)cc1Cl. The fourth-order valence-electron chi connectivity index (χ4n) is 1.09. The van der Waals surface area contributed by atoms with E-state index in [-0.39, 0.29) is 5.54 Å². The Labute approximate surface area is 89.5 Å². The van der Waals surface area contributed by atoms with Crippen molar-refractivity contribution in [3.63, 3.8) is 0 Å². The van der Waals surface area contributed by atoms with Gasteiger partial charge in [0.2, 0.25) is 0 Å². The van der Waals surface area contributed by atoms with Crippen LogP contribution in [0, 0.1) is 11.3 Å². The minimum Gasteiger partial charge on any atom is -0.379 e. The second-order valence-corrected chi connectivity index (χ2v) is 4.59. The van der Waals surface area contributed by atoms with Gasteiger partial charge in [0.15, 0.2) is 0 Å². The molecule has 0 saturated heterocycles. The van der Waals surface area contributed by atoms with Gasteiger partial charge in [0, 0.05) is 5.54 Å².